The number of aromatic nitrogens is 1. The molecule has 134 valence electrons. The Balaban J connectivity index is 0.00000484. The number of nitrogens with zero attached hydrogens (tertiary/aromatic N) is 3. The van der Waals surface area contributed by atoms with E-state index in [-0.39, 0.29) is 24.0 Å². The molecule has 0 saturated carbocycles. The molecule has 1 aromatic rings. The number of hydrogen-bond acceptors (Lipinski definition) is 4. The molecule has 0 fully saturated rings. The molecular weight excluding hydrogens is 421 g/mol. The molecule has 1 heterocycles. The van der Waals surface area contributed by atoms with E-state index in [2.05, 4.69) is 58.6 Å². The summed E-state index contributed by atoms with van der Waals surface area (Å²) >= 11 is 1.70. The van der Waals surface area contributed by atoms with Gasteiger partial charge in [-0.2, -0.15) is 0 Å². The summed E-state index contributed by atoms with van der Waals surface area (Å²) in [5.41, 5.74) is 1.17. The molecule has 7 heteroatoms. The molecule has 1 rings (SSSR count). The lowest BCUT2D eigenvalue weighted by molar-refractivity contribution is 0.293. The standard InChI is InChI=1S/C16H31N5S.HI/c1-6-9-21(7-2)10-8-18-16(17-5)19-11-15-20-14(12-22-15)13(3)4;/h12-13H,6-11H2,1-5H3,(H2,17,18,19);1H. The minimum atomic E-state index is 0. The highest BCUT2D eigenvalue weighted by molar-refractivity contribution is 14.0. The molecule has 23 heavy (non-hydrogen) atoms. The molecule has 0 aliphatic heterocycles. The quantitative estimate of drug-likeness (QED) is 0.342. The van der Waals surface area contributed by atoms with Crippen LogP contribution in [0.3, 0.4) is 0 Å². The van der Waals surface area contributed by atoms with Gasteiger partial charge in [0.2, 0.25) is 0 Å². The lowest BCUT2D eigenvalue weighted by Gasteiger charge is -2.20. The third-order valence-corrected chi connectivity index (χ3v) is 4.37. The van der Waals surface area contributed by atoms with Gasteiger partial charge in [-0.15, -0.1) is 35.3 Å². The van der Waals surface area contributed by atoms with Crippen molar-refractivity contribution in [1.29, 1.82) is 0 Å². The van der Waals surface area contributed by atoms with Crippen molar-refractivity contribution in [3.63, 3.8) is 0 Å². The maximum absolute atomic E-state index is 4.63. The van der Waals surface area contributed by atoms with Crippen LogP contribution in [-0.4, -0.2) is 49.1 Å². The molecule has 0 aliphatic carbocycles. The molecule has 2 N–H and O–H groups in total. The summed E-state index contributed by atoms with van der Waals surface area (Å²) in [4.78, 5) is 11.3. The van der Waals surface area contributed by atoms with E-state index in [1.54, 1.807) is 18.4 Å². The predicted octanol–water partition coefficient (Wildman–Crippen LogP) is 3.28. The van der Waals surface area contributed by atoms with E-state index in [9.17, 15) is 0 Å². The largest absolute Gasteiger partial charge is 0.355 e. The second kappa shape index (κ2) is 12.9. The van der Waals surface area contributed by atoms with Crippen molar-refractivity contribution >= 4 is 41.3 Å². The van der Waals surface area contributed by atoms with E-state index in [4.69, 9.17) is 0 Å². The Bertz CT molecular complexity index is 447. The third-order valence-electron chi connectivity index (χ3n) is 3.50. The van der Waals surface area contributed by atoms with Crippen LogP contribution >= 0.6 is 35.3 Å². The molecule has 5 nitrogen and oxygen atoms in total. The third kappa shape index (κ3) is 8.85. The van der Waals surface area contributed by atoms with Crippen molar-refractivity contribution in [2.45, 2.75) is 46.6 Å². The van der Waals surface area contributed by atoms with Gasteiger partial charge in [-0.25, -0.2) is 4.98 Å². The molecule has 0 radical (unpaired) electrons. The summed E-state index contributed by atoms with van der Waals surface area (Å²) in [5.74, 6) is 1.33. The van der Waals surface area contributed by atoms with Crippen molar-refractivity contribution in [3.8, 4) is 0 Å². The van der Waals surface area contributed by atoms with Crippen LogP contribution in [0.4, 0.5) is 0 Å². The van der Waals surface area contributed by atoms with Gasteiger partial charge in [-0.3, -0.25) is 4.99 Å². The van der Waals surface area contributed by atoms with Gasteiger partial charge in [0.25, 0.3) is 0 Å². The zero-order valence-corrected chi connectivity index (χ0v) is 18.2. The van der Waals surface area contributed by atoms with Crippen LogP contribution in [-0.2, 0) is 6.54 Å². The number of hydrogen-bond donors (Lipinski definition) is 2. The second-order valence-electron chi connectivity index (χ2n) is 5.61. The van der Waals surface area contributed by atoms with E-state index in [1.807, 2.05) is 0 Å². The van der Waals surface area contributed by atoms with Crippen LogP contribution in [0.25, 0.3) is 0 Å². The zero-order valence-electron chi connectivity index (χ0n) is 15.1. The Kier molecular flexibility index (Phi) is 12.7. The van der Waals surface area contributed by atoms with Crippen LogP contribution in [0, 0.1) is 0 Å². The monoisotopic (exact) mass is 453 g/mol. The number of likely N-dealkylation sites (N-methyl/N-ethyl adjacent to an activating group) is 1. The molecule has 0 bridgehead atoms. The van der Waals surface area contributed by atoms with E-state index in [1.165, 1.54) is 12.1 Å². The molecule has 0 saturated heterocycles. The van der Waals surface area contributed by atoms with Crippen molar-refractivity contribution in [3.05, 3.63) is 16.1 Å². The Morgan fingerprint density at radius 1 is 1.30 bits per heavy atom. The Hall–Kier alpha value is -0.410. The van der Waals surface area contributed by atoms with Crippen molar-refractivity contribution in [2.24, 2.45) is 4.99 Å². The second-order valence-corrected chi connectivity index (χ2v) is 6.55. The SMILES string of the molecule is CCCN(CC)CCNC(=NC)NCc1nc(C(C)C)cs1.I. The van der Waals surface area contributed by atoms with Crippen LogP contribution in [0.1, 0.15) is 50.7 Å². The summed E-state index contributed by atoms with van der Waals surface area (Å²) in [6.07, 6.45) is 1.20. The van der Waals surface area contributed by atoms with Crippen LogP contribution in [0.2, 0.25) is 0 Å². The fourth-order valence-corrected chi connectivity index (χ4v) is 3.02. The molecule has 0 amide bonds. The highest BCUT2D eigenvalue weighted by atomic mass is 127. The number of nitrogens with one attached hydrogen (secondary N) is 2. The maximum atomic E-state index is 4.63. The number of halogens is 1. The Labute approximate surface area is 162 Å². The van der Waals surface area contributed by atoms with Crippen LogP contribution < -0.4 is 10.6 Å². The average Bonchev–Trinajstić information content (AvgIpc) is 2.98. The van der Waals surface area contributed by atoms with Crippen LogP contribution in [0.5, 0.6) is 0 Å². The molecule has 0 aromatic carbocycles. The van der Waals surface area contributed by atoms with E-state index in [0.29, 0.717) is 5.92 Å². The van der Waals surface area contributed by atoms with Gasteiger partial charge in [-0.1, -0.05) is 27.7 Å². The molecule has 0 aliphatic rings. The van der Waals surface area contributed by atoms with Gasteiger partial charge in [0.1, 0.15) is 5.01 Å². The van der Waals surface area contributed by atoms with Gasteiger partial charge in [0.15, 0.2) is 5.96 Å². The van der Waals surface area contributed by atoms with Gasteiger partial charge in [0.05, 0.1) is 12.2 Å². The molecule has 0 atom stereocenters. The van der Waals surface area contributed by atoms with Crippen molar-refractivity contribution < 1.29 is 0 Å². The first-order chi connectivity index (χ1) is 10.6. The highest BCUT2D eigenvalue weighted by Gasteiger charge is 2.06. The lowest BCUT2D eigenvalue weighted by Crippen LogP contribution is -2.41. The average molecular weight is 453 g/mol. The first kappa shape index (κ1) is 22.6. The number of thiazole rings is 1. The summed E-state index contributed by atoms with van der Waals surface area (Å²) in [6.45, 7) is 13.7. The lowest BCUT2D eigenvalue weighted by atomic mass is 10.2. The van der Waals surface area contributed by atoms with Crippen molar-refractivity contribution in [1.82, 2.24) is 20.5 Å². The molecule has 0 unspecified atom stereocenters. The summed E-state index contributed by atoms with van der Waals surface area (Å²) in [5, 5.41) is 9.94. The highest BCUT2D eigenvalue weighted by Crippen LogP contribution is 2.17. The summed E-state index contributed by atoms with van der Waals surface area (Å²) in [6, 6.07) is 0. The summed E-state index contributed by atoms with van der Waals surface area (Å²) < 4.78 is 0. The van der Waals surface area contributed by atoms with Crippen LogP contribution in [0.15, 0.2) is 10.4 Å². The molecule has 0 spiro atoms. The molecular formula is C16H32IN5S. The molecule has 1 aromatic heterocycles. The Morgan fingerprint density at radius 2 is 2.04 bits per heavy atom. The van der Waals surface area contributed by atoms with Gasteiger partial charge < -0.3 is 15.5 Å². The first-order valence-corrected chi connectivity index (χ1v) is 9.09. The summed E-state index contributed by atoms with van der Waals surface area (Å²) in [7, 11) is 1.81. The predicted molar refractivity (Wildman–Crippen MR) is 112 cm³/mol. The number of aliphatic imine (C=N–C) groups is 1. The Morgan fingerprint density at radius 3 is 2.57 bits per heavy atom. The topological polar surface area (TPSA) is 52.5 Å². The smallest absolute Gasteiger partial charge is 0.191 e. The number of guanidine groups is 1. The minimum Gasteiger partial charge on any atom is -0.355 e. The van der Waals surface area contributed by atoms with Gasteiger partial charge in [0, 0.05) is 25.5 Å². The van der Waals surface area contributed by atoms with Gasteiger partial charge >= 0.3 is 0 Å². The zero-order chi connectivity index (χ0) is 16.4. The number of rotatable bonds is 9. The normalized spacial score (nSPS) is 11.7. The maximum Gasteiger partial charge on any atom is 0.191 e. The van der Waals surface area contributed by atoms with E-state index < -0.39 is 0 Å². The van der Waals surface area contributed by atoms with Gasteiger partial charge in [-0.05, 0) is 25.4 Å². The van der Waals surface area contributed by atoms with Crippen molar-refractivity contribution in [2.75, 3.05) is 33.2 Å². The first-order valence-electron chi connectivity index (χ1n) is 8.21. The fourth-order valence-electron chi connectivity index (χ4n) is 2.13. The fraction of sp³-hybridized carbons (Fsp3) is 0.750. The van der Waals surface area contributed by atoms with E-state index >= 15 is 0 Å². The van der Waals surface area contributed by atoms with E-state index in [0.717, 1.165) is 43.7 Å². The minimum absolute atomic E-state index is 0.